The first-order chi connectivity index (χ1) is 15.4. The van der Waals surface area contributed by atoms with Gasteiger partial charge in [-0.05, 0) is 49.6 Å². The molecule has 0 aliphatic rings. The van der Waals surface area contributed by atoms with Gasteiger partial charge in [0.2, 0.25) is 0 Å². The SMILES string of the molecule is CCCOC(CC)Cc1c(-c2c(F)cc(-c3nc(Cl)c[nH]3)cc2F)nc2cc(C)ccn12. The molecular weight excluding hydrogens is 434 g/mol. The second kappa shape index (κ2) is 9.38. The zero-order chi connectivity index (χ0) is 22.8. The van der Waals surface area contributed by atoms with E-state index >= 15 is 8.78 Å². The van der Waals surface area contributed by atoms with Crippen molar-refractivity contribution in [3.8, 4) is 22.6 Å². The van der Waals surface area contributed by atoms with Crippen molar-refractivity contribution in [1.29, 1.82) is 0 Å². The number of benzene rings is 1. The minimum Gasteiger partial charge on any atom is -0.378 e. The van der Waals surface area contributed by atoms with Gasteiger partial charge in [-0.25, -0.2) is 18.7 Å². The highest BCUT2D eigenvalue weighted by atomic mass is 35.5. The Kier molecular flexibility index (Phi) is 6.58. The first kappa shape index (κ1) is 22.4. The fourth-order valence-corrected chi connectivity index (χ4v) is 3.94. The van der Waals surface area contributed by atoms with Crippen LogP contribution in [-0.4, -0.2) is 32.1 Å². The summed E-state index contributed by atoms with van der Waals surface area (Å²) in [6, 6.07) is 6.34. The third-order valence-electron chi connectivity index (χ3n) is 5.41. The van der Waals surface area contributed by atoms with Crippen molar-refractivity contribution in [2.24, 2.45) is 0 Å². The molecule has 0 bridgehead atoms. The van der Waals surface area contributed by atoms with Gasteiger partial charge < -0.3 is 14.1 Å². The minimum absolute atomic E-state index is 0.0782. The summed E-state index contributed by atoms with van der Waals surface area (Å²) in [4.78, 5) is 11.5. The summed E-state index contributed by atoms with van der Waals surface area (Å²) in [5.74, 6) is -1.13. The maximum atomic E-state index is 15.3. The van der Waals surface area contributed by atoms with E-state index in [0.717, 1.165) is 24.1 Å². The van der Waals surface area contributed by atoms with Crippen molar-refractivity contribution in [1.82, 2.24) is 19.4 Å². The van der Waals surface area contributed by atoms with Crippen LogP contribution < -0.4 is 0 Å². The van der Waals surface area contributed by atoms with Gasteiger partial charge in [0.15, 0.2) is 0 Å². The number of imidazole rings is 2. The van der Waals surface area contributed by atoms with Crippen LogP contribution >= 0.6 is 11.6 Å². The number of aryl methyl sites for hydroxylation is 1. The first-order valence-electron chi connectivity index (χ1n) is 10.7. The smallest absolute Gasteiger partial charge is 0.147 e. The van der Waals surface area contributed by atoms with Crippen LogP contribution in [0.1, 0.15) is 37.9 Å². The van der Waals surface area contributed by atoms with Crippen LogP contribution in [0, 0.1) is 18.6 Å². The lowest BCUT2D eigenvalue weighted by Gasteiger charge is -2.17. The summed E-state index contributed by atoms with van der Waals surface area (Å²) in [6.07, 6.45) is 5.44. The average Bonchev–Trinajstić information content (AvgIpc) is 3.34. The maximum Gasteiger partial charge on any atom is 0.147 e. The maximum absolute atomic E-state index is 15.3. The lowest BCUT2D eigenvalue weighted by atomic mass is 10.0. The summed E-state index contributed by atoms with van der Waals surface area (Å²) in [6.45, 7) is 6.68. The molecule has 168 valence electrons. The van der Waals surface area contributed by atoms with Crippen LogP contribution in [0.5, 0.6) is 0 Å². The first-order valence-corrected chi connectivity index (χ1v) is 11.1. The summed E-state index contributed by atoms with van der Waals surface area (Å²) in [5, 5.41) is 0.223. The number of nitrogens with one attached hydrogen (secondary N) is 1. The zero-order valence-corrected chi connectivity index (χ0v) is 19.0. The average molecular weight is 459 g/mol. The lowest BCUT2D eigenvalue weighted by molar-refractivity contribution is 0.0508. The number of ether oxygens (including phenoxy) is 1. The molecule has 0 saturated heterocycles. The van der Waals surface area contributed by atoms with E-state index in [1.54, 1.807) is 0 Å². The number of halogens is 3. The molecule has 1 N–H and O–H groups in total. The highest BCUT2D eigenvalue weighted by molar-refractivity contribution is 6.29. The topological polar surface area (TPSA) is 55.2 Å². The van der Waals surface area contributed by atoms with Crippen LogP contribution in [-0.2, 0) is 11.2 Å². The van der Waals surface area contributed by atoms with Gasteiger partial charge in [0.1, 0.15) is 28.3 Å². The molecule has 1 aromatic carbocycles. The van der Waals surface area contributed by atoms with E-state index in [2.05, 4.69) is 15.0 Å². The number of hydrogen-bond acceptors (Lipinski definition) is 3. The Hall–Kier alpha value is -2.77. The number of pyridine rings is 1. The Morgan fingerprint density at radius 2 is 1.91 bits per heavy atom. The Labute approximate surface area is 190 Å². The van der Waals surface area contributed by atoms with Crippen molar-refractivity contribution >= 4 is 17.2 Å². The van der Waals surface area contributed by atoms with Gasteiger partial charge in [-0.2, -0.15) is 0 Å². The summed E-state index contributed by atoms with van der Waals surface area (Å²) < 4.78 is 38.5. The van der Waals surface area contributed by atoms with Crippen LogP contribution in [0.15, 0.2) is 36.7 Å². The van der Waals surface area contributed by atoms with Gasteiger partial charge in [-0.1, -0.05) is 25.4 Å². The van der Waals surface area contributed by atoms with Crippen molar-refractivity contribution < 1.29 is 13.5 Å². The highest BCUT2D eigenvalue weighted by Crippen LogP contribution is 2.33. The van der Waals surface area contributed by atoms with Crippen molar-refractivity contribution in [2.45, 2.75) is 46.1 Å². The Morgan fingerprint density at radius 1 is 1.16 bits per heavy atom. The molecule has 4 rings (SSSR count). The highest BCUT2D eigenvalue weighted by Gasteiger charge is 2.24. The van der Waals surface area contributed by atoms with Crippen LogP contribution in [0.25, 0.3) is 28.3 Å². The molecular formula is C24H25ClF2N4O. The lowest BCUT2D eigenvalue weighted by Crippen LogP contribution is -2.17. The van der Waals surface area contributed by atoms with Crippen molar-refractivity contribution in [3.63, 3.8) is 0 Å². The largest absolute Gasteiger partial charge is 0.378 e. The molecule has 1 atom stereocenters. The fourth-order valence-electron chi connectivity index (χ4n) is 3.80. The third-order valence-corrected chi connectivity index (χ3v) is 5.61. The molecule has 0 aliphatic heterocycles. The van der Waals surface area contributed by atoms with Gasteiger partial charge in [0.25, 0.3) is 0 Å². The monoisotopic (exact) mass is 458 g/mol. The molecule has 5 nitrogen and oxygen atoms in total. The Morgan fingerprint density at radius 3 is 2.53 bits per heavy atom. The number of H-pyrrole nitrogens is 1. The van der Waals surface area contributed by atoms with Gasteiger partial charge in [-0.3, -0.25) is 0 Å². The molecule has 0 amide bonds. The van der Waals surface area contributed by atoms with E-state index in [1.807, 2.05) is 43.5 Å². The van der Waals surface area contributed by atoms with Crippen molar-refractivity contribution in [2.75, 3.05) is 6.61 Å². The number of hydrogen-bond donors (Lipinski definition) is 1. The van der Waals surface area contributed by atoms with Crippen LogP contribution in [0.3, 0.4) is 0 Å². The van der Waals surface area contributed by atoms with E-state index in [9.17, 15) is 0 Å². The second-order valence-corrected chi connectivity index (χ2v) is 8.22. The molecule has 0 fully saturated rings. The van der Waals surface area contributed by atoms with E-state index in [4.69, 9.17) is 16.3 Å². The summed E-state index contributed by atoms with van der Waals surface area (Å²) in [5.41, 5.74) is 2.77. The number of aromatic nitrogens is 4. The number of fused-ring (bicyclic) bond motifs is 1. The molecule has 0 spiro atoms. The van der Waals surface area contributed by atoms with Gasteiger partial charge in [-0.15, -0.1) is 0 Å². The predicted octanol–water partition coefficient (Wildman–Crippen LogP) is 6.38. The number of rotatable bonds is 8. The Balaban J connectivity index is 1.84. The minimum atomic E-state index is -0.712. The molecule has 3 aromatic heterocycles. The molecule has 0 aliphatic carbocycles. The van der Waals surface area contributed by atoms with E-state index in [0.29, 0.717) is 24.5 Å². The standard InChI is InChI=1S/C24H25ClF2N4O/c1-4-8-32-16(5-2)12-19-23(30-21-9-14(3)6-7-31(19)21)22-17(26)10-15(11-18(22)27)24-28-13-20(25)29-24/h6-7,9-11,13,16H,4-5,8,12H2,1-3H3,(H,28,29). The van der Waals surface area contributed by atoms with Crippen LogP contribution in [0.4, 0.5) is 8.78 Å². The molecule has 4 aromatic rings. The van der Waals surface area contributed by atoms with E-state index < -0.39 is 11.6 Å². The molecule has 3 heterocycles. The van der Waals surface area contributed by atoms with Crippen LogP contribution in [0.2, 0.25) is 5.15 Å². The fraction of sp³-hybridized carbons (Fsp3) is 0.333. The van der Waals surface area contributed by atoms with Crippen molar-refractivity contribution in [3.05, 3.63) is 64.7 Å². The van der Waals surface area contributed by atoms with Gasteiger partial charge in [0, 0.05) is 31.0 Å². The van der Waals surface area contributed by atoms with Gasteiger partial charge in [0.05, 0.1) is 23.1 Å². The predicted molar refractivity (Wildman–Crippen MR) is 122 cm³/mol. The zero-order valence-electron chi connectivity index (χ0n) is 18.3. The quantitative estimate of drug-likeness (QED) is 0.333. The molecule has 0 saturated carbocycles. The number of aromatic amines is 1. The van der Waals surface area contributed by atoms with E-state index in [-0.39, 0.29) is 28.1 Å². The third kappa shape index (κ3) is 4.40. The molecule has 32 heavy (non-hydrogen) atoms. The molecule has 1 unspecified atom stereocenters. The summed E-state index contributed by atoms with van der Waals surface area (Å²) >= 11 is 5.84. The van der Waals surface area contributed by atoms with E-state index in [1.165, 1.54) is 18.3 Å². The molecule has 8 heteroatoms. The Bertz CT molecular complexity index is 1230. The van der Waals surface area contributed by atoms with Gasteiger partial charge >= 0.3 is 0 Å². The number of nitrogens with zero attached hydrogens (tertiary/aromatic N) is 3. The summed E-state index contributed by atoms with van der Waals surface area (Å²) in [7, 11) is 0. The second-order valence-electron chi connectivity index (χ2n) is 7.83. The molecule has 0 radical (unpaired) electrons. The normalized spacial score (nSPS) is 12.6.